The van der Waals surface area contributed by atoms with E-state index in [1.807, 2.05) is 0 Å². The van der Waals surface area contributed by atoms with E-state index in [0.29, 0.717) is 0 Å². The van der Waals surface area contributed by atoms with E-state index in [-0.39, 0.29) is 0 Å². The van der Waals surface area contributed by atoms with Crippen LogP contribution in [0.5, 0.6) is 0 Å². The van der Waals surface area contributed by atoms with Gasteiger partial charge in [0, 0.05) is 45.3 Å². The van der Waals surface area contributed by atoms with Gasteiger partial charge in [0.1, 0.15) is 22.3 Å². The quantitative estimate of drug-likeness (QED) is 0.130. The van der Waals surface area contributed by atoms with E-state index in [4.69, 9.17) is 32.6 Å². The topological polar surface area (TPSA) is 26.3 Å². The largest absolute Gasteiger partial charge is 0.456 e. The van der Waals surface area contributed by atoms with Gasteiger partial charge in [-0.1, -0.05) is 206 Å². The first-order chi connectivity index (χ1) is 42.8. The van der Waals surface area contributed by atoms with Gasteiger partial charge in [-0.05, 0) is 146 Å². The summed E-state index contributed by atoms with van der Waals surface area (Å²) in [5.41, 5.74) is 14.0. The highest BCUT2D eigenvalue weighted by Gasteiger charge is 2.23. The van der Waals surface area contributed by atoms with Crippen LogP contribution in [0.25, 0.3) is 153 Å². The van der Waals surface area contributed by atoms with E-state index in [1.54, 1.807) is 0 Å². The number of hydrogen-bond donors (Lipinski definition) is 0. The van der Waals surface area contributed by atoms with Crippen molar-refractivity contribution < 1.29 is 32.6 Å². The summed E-state index contributed by atoms with van der Waals surface area (Å²) in [6, 6.07) is 87.2. The first-order valence-electron chi connectivity index (χ1n) is 32.1. The van der Waals surface area contributed by atoms with Crippen LogP contribution in [0.1, 0.15) is 23.8 Å². The van der Waals surface area contributed by atoms with Gasteiger partial charge in [0.2, 0.25) is 0 Å². The molecule has 0 aliphatic carbocycles. The normalized spacial score (nSPS) is 12.9. The molecule has 70 heavy (non-hydrogen) atoms. The van der Waals surface area contributed by atoms with Gasteiger partial charge in [0.25, 0.3) is 0 Å². The smallest absolute Gasteiger partial charge is 0.136 e. The van der Waals surface area contributed by atoms with Crippen molar-refractivity contribution in [3.8, 4) is 44.5 Å². The standard InChI is InChI=1S/2C34H20O.8H2/c2*1-2-10-21(11-3-1)31-23-13-4-6-15-25(23)33(26-16-7-5-14-24(26)31)28-20-22-12-8-18-29-32(22)34-27(28)17-9-19-30(34)35-29;;;;;;;;/h2*1-20H;8*1H/i;;8*1+1D. The van der Waals surface area contributed by atoms with E-state index in [0.717, 1.165) is 22.3 Å². The number of fused-ring (bicyclic) bond motifs is 4. The highest BCUT2D eigenvalue weighted by Crippen LogP contribution is 2.50. The molecule has 0 N–H and O–H groups in total. The van der Waals surface area contributed by atoms with Crippen LogP contribution >= 0.6 is 0 Å². The van der Waals surface area contributed by atoms with Gasteiger partial charge in [-0.3, -0.25) is 0 Å². The van der Waals surface area contributed by atoms with E-state index >= 15 is 0 Å². The first kappa shape index (κ1) is 31.7. The lowest BCUT2D eigenvalue weighted by Gasteiger charge is -2.19. The number of benzene rings is 14. The molecule has 0 aliphatic rings. The maximum Gasteiger partial charge on any atom is 0.136 e. The minimum absolute atomic E-state index is 0.949. The van der Waals surface area contributed by atoms with Gasteiger partial charge in [0.05, 0.1) is 0 Å². The van der Waals surface area contributed by atoms with Gasteiger partial charge in [-0.2, -0.15) is 0 Å². The Morgan fingerprint density at radius 2 is 0.500 bits per heavy atom. The van der Waals surface area contributed by atoms with Gasteiger partial charge in [-0.25, -0.2) is 0 Å². The van der Waals surface area contributed by atoms with Crippen molar-refractivity contribution in [1.82, 2.24) is 0 Å². The Balaban J connectivity index is 0.000000200. The zero-order valence-corrected chi connectivity index (χ0v) is 37.9. The molecule has 0 saturated heterocycles. The summed E-state index contributed by atoms with van der Waals surface area (Å²) in [6.07, 6.45) is 0. The Morgan fingerprint density at radius 3 is 0.843 bits per heavy atom. The minimum Gasteiger partial charge on any atom is -0.456 e. The molecule has 0 unspecified atom stereocenters. The summed E-state index contributed by atoms with van der Waals surface area (Å²) in [5.74, 6) is 0. The third-order valence-electron chi connectivity index (χ3n) is 14.8. The fourth-order valence-electron chi connectivity index (χ4n) is 12.0. The van der Waals surface area contributed by atoms with E-state index in [9.17, 15) is 0 Å². The van der Waals surface area contributed by atoms with E-state index < -0.39 is 0 Å². The molecule has 0 bridgehead atoms. The summed E-state index contributed by atoms with van der Waals surface area (Å²) >= 11 is 0. The van der Waals surface area contributed by atoms with Gasteiger partial charge < -0.3 is 8.83 Å². The molecular formula is C68H56O2. The van der Waals surface area contributed by atoms with Crippen LogP contribution in [0.2, 0.25) is 0 Å². The Kier molecular flexibility index (Phi) is 6.85. The summed E-state index contributed by atoms with van der Waals surface area (Å²) in [4.78, 5) is 0. The van der Waals surface area contributed by atoms with Crippen molar-refractivity contribution in [2.75, 3.05) is 0 Å². The molecule has 0 atom stereocenters. The summed E-state index contributed by atoms with van der Waals surface area (Å²) in [6.45, 7) is 0. The lowest BCUT2D eigenvalue weighted by molar-refractivity contribution is 0.669. The third-order valence-corrected chi connectivity index (χ3v) is 14.8. The van der Waals surface area contributed by atoms with Crippen molar-refractivity contribution in [2.45, 2.75) is 0 Å². The average molecular weight is 921 g/mol. The Bertz CT molecular complexity index is 4330. The van der Waals surface area contributed by atoms with Gasteiger partial charge in [-0.15, -0.1) is 0 Å². The lowest BCUT2D eigenvalue weighted by Crippen LogP contribution is -1.92. The second-order valence-corrected chi connectivity index (χ2v) is 18.5. The molecule has 340 valence electrons. The second kappa shape index (κ2) is 15.1. The number of rotatable bonds is 4. The molecule has 16 aromatic rings. The van der Waals surface area contributed by atoms with Crippen LogP contribution in [-0.2, 0) is 0 Å². The molecule has 0 aliphatic heterocycles. The minimum atomic E-state index is 0.949. The zero-order chi connectivity index (χ0) is 61.9. The SMILES string of the molecule is [2H][2H].[2H][2H].[2H][2H].[2H][2H].[2H][2H].[2H][2H].[2H][2H].[2H][2H].c1ccc(-c2c3ccccc3c(-c3cc4cccc5oc6cccc3c6c45)c3ccccc23)cc1.c1ccc(-c2c3ccccc3c(-c3cc4cccc5oc6cccc3c6c45)c3ccccc23)cc1. The maximum absolute atomic E-state index is 6.26. The van der Waals surface area contributed by atoms with Crippen LogP contribution in [-0.4, -0.2) is 0 Å². The Labute approximate surface area is 427 Å². The molecule has 2 heterocycles. The van der Waals surface area contributed by atoms with Crippen molar-refractivity contribution in [3.05, 3.63) is 243 Å². The molecule has 2 nitrogen and oxygen atoms in total. The van der Waals surface area contributed by atoms with Crippen molar-refractivity contribution >= 4 is 109 Å². The fourth-order valence-corrected chi connectivity index (χ4v) is 12.0. The molecule has 0 radical (unpaired) electrons. The molecule has 0 amide bonds. The van der Waals surface area contributed by atoms with Crippen molar-refractivity contribution in [2.24, 2.45) is 0 Å². The van der Waals surface area contributed by atoms with Crippen LogP contribution in [0.15, 0.2) is 251 Å². The Hall–Kier alpha value is -9.24. The molecular weight excluding hydrogens is 849 g/mol. The second-order valence-electron chi connectivity index (χ2n) is 18.5. The zero-order valence-electron chi connectivity index (χ0n) is 53.9. The number of furan rings is 2. The predicted molar refractivity (Wildman–Crippen MR) is 314 cm³/mol. The molecule has 0 fully saturated rings. The van der Waals surface area contributed by atoms with Crippen LogP contribution in [0, 0.1) is 0 Å². The average Bonchev–Trinajstić information content (AvgIpc) is 1.31. The van der Waals surface area contributed by atoms with Crippen LogP contribution in [0.4, 0.5) is 0 Å². The van der Waals surface area contributed by atoms with Crippen LogP contribution in [0.3, 0.4) is 0 Å². The highest BCUT2D eigenvalue weighted by molar-refractivity contribution is 6.31. The summed E-state index contributed by atoms with van der Waals surface area (Å²) in [5, 5.41) is 20.0. The van der Waals surface area contributed by atoms with Crippen LogP contribution < -0.4 is 0 Å². The lowest BCUT2D eigenvalue weighted by atomic mass is 9.84. The Morgan fingerprint density at radius 1 is 0.229 bits per heavy atom. The maximum atomic E-state index is 6.26. The highest BCUT2D eigenvalue weighted by atomic mass is 16.3. The van der Waals surface area contributed by atoms with Gasteiger partial charge >= 0.3 is 0 Å². The van der Waals surface area contributed by atoms with Crippen molar-refractivity contribution in [1.29, 1.82) is 0 Å². The van der Waals surface area contributed by atoms with Gasteiger partial charge in [0.15, 0.2) is 0 Å². The molecule has 2 aromatic heterocycles. The fraction of sp³-hybridized carbons (Fsp3) is 0. The first-order valence-corrected chi connectivity index (χ1v) is 24.1. The monoisotopic (exact) mass is 921 g/mol. The summed E-state index contributed by atoms with van der Waals surface area (Å²) < 4.78 is 92.5. The predicted octanol–water partition coefficient (Wildman–Crippen LogP) is 21.6. The molecule has 2 heteroatoms. The molecule has 14 aromatic carbocycles. The molecule has 16 rings (SSSR count). The molecule has 0 spiro atoms. The summed E-state index contributed by atoms with van der Waals surface area (Å²) in [7, 11) is 0. The number of hydrogen-bond acceptors (Lipinski definition) is 2. The van der Waals surface area contributed by atoms with E-state index in [2.05, 4.69) is 243 Å². The molecule has 0 saturated carbocycles. The third kappa shape index (κ3) is 5.62. The van der Waals surface area contributed by atoms with E-state index in [1.165, 1.54) is 131 Å². The van der Waals surface area contributed by atoms with Crippen molar-refractivity contribution in [3.63, 3.8) is 0 Å².